The Morgan fingerprint density at radius 1 is 1.22 bits per heavy atom. The highest BCUT2D eigenvalue weighted by molar-refractivity contribution is 7.14. The molecule has 0 N–H and O–H groups in total. The molecule has 18 heavy (non-hydrogen) atoms. The van der Waals surface area contributed by atoms with Crippen molar-refractivity contribution in [2.75, 3.05) is 33.7 Å². The van der Waals surface area contributed by atoms with Gasteiger partial charge in [-0.05, 0) is 25.6 Å². The molecule has 0 aliphatic carbocycles. The number of carbonyl (C=O) groups is 2. The first-order chi connectivity index (χ1) is 8.43. The van der Waals surface area contributed by atoms with Crippen LogP contribution in [-0.2, 0) is 4.79 Å². The van der Waals surface area contributed by atoms with Crippen LogP contribution in [0.5, 0.6) is 0 Å². The summed E-state index contributed by atoms with van der Waals surface area (Å²) in [6.07, 6.45) is 0. The van der Waals surface area contributed by atoms with E-state index >= 15 is 0 Å². The van der Waals surface area contributed by atoms with Crippen LogP contribution in [0.2, 0.25) is 0 Å². The van der Waals surface area contributed by atoms with Gasteiger partial charge >= 0.3 is 0 Å². The molecule has 1 amide bonds. The van der Waals surface area contributed by atoms with Crippen LogP contribution >= 0.6 is 11.3 Å². The molecule has 5 heteroatoms. The summed E-state index contributed by atoms with van der Waals surface area (Å²) >= 11 is 1.50. The average Bonchev–Trinajstić information content (AvgIpc) is 2.74. The Balaban J connectivity index is 2.58. The predicted molar refractivity (Wildman–Crippen MR) is 74.2 cm³/mol. The van der Waals surface area contributed by atoms with Crippen LogP contribution in [0.3, 0.4) is 0 Å². The molecule has 1 aromatic heterocycles. The van der Waals surface area contributed by atoms with Gasteiger partial charge in [0, 0.05) is 19.0 Å². The van der Waals surface area contributed by atoms with Crippen molar-refractivity contribution in [3.8, 4) is 0 Å². The molecule has 0 saturated heterocycles. The van der Waals surface area contributed by atoms with E-state index in [0.717, 1.165) is 9.75 Å². The van der Waals surface area contributed by atoms with E-state index in [1.165, 1.54) is 11.3 Å². The van der Waals surface area contributed by atoms with Gasteiger partial charge < -0.3 is 4.90 Å². The second-order valence-corrected chi connectivity index (χ2v) is 5.71. The van der Waals surface area contributed by atoms with Gasteiger partial charge in [0.25, 0.3) is 0 Å². The van der Waals surface area contributed by atoms with Gasteiger partial charge in [-0.15, -0.1) is 11.3 Å². The Kier molecular flexibility index (Phi) is 5.50. The van der Waals surface area contributed by atoms with Crippen molar-refractivity contribution < 1.29 is 9.59 Å². The highest BCUT2D eigenvalue weighted by Crippen LogP contribution is 2.15. The van der Waals surface area contributed by atoms with Crippen LogP contribution in [0.4, 0.5) is 0 Å². The lowest BCUT2D eigenvalue weighted by molar-refractivity contribution is -0.129. The minimum Gasteiger partial charge on any atom is -0.348 e. The van der Waals surface area contributed by atoms with Crippen molar-refractivity contribution in [1.29, 1.82) is 0 Å². The van der Waals surface area contributed by atoms with Gasteiger partial charge in [0.1, 0.15) is 0 Å². The minimum absolute atomic E-state index is 0.0204. The second kappa shape index (κ2) is 6.66. The van der Waals surface area contributed by atoms with Gasteiger partial charge in [0.2, 0.25) is 5.91 Å². The van der Waals surface area contributed by atoms with Gasteiger partial charge in [0.15, 0.2) is 5.78 Å². The third-order valence-electron chi connectivity index (χ3n) is 2.69. The maximum absolute atomic E-state index is 12.0. The molecule has 1 heterocycles. The first kappa shape index (κ1) is 14.9. The number of rotatable bonds is 6. The van der Waals surface area contributed by atoms with Crippen molar-refractivity contribution in [3.63, 3.8) is 0 Å². The molecule has 0 atom stereocenters. The first-order valence-electron chi connectivity index (χ1n) is 5.96. The fourth-order valence-corrected chi connectivity index (χ4v) is 2.28. The summed E-state index contributed by atoms with van der Waals surface area (Å²) in [6.45, 7) is 5.22. The number of Topliss-reactive ketones (excluding diaryl/α,β-unsaturated/α-hetero) is 1. The Labute approximate surface area is 112 Å². The van der Waals surface area contributed by atoms with E-state index in [9.17, 15) is 9.59 Å². The monoisotopic (exact) mass is 268 g/mol. The number of thiophene rings is 1. The lowest BCUT2D eigenvalue weighted by atomic mass is 10.3. The predicted octanol–water partition coefficient (Wildman–Crippen LogP) is 1.65. The number of ketones is 1. The van der Waals surface area contributed by atoms with E-state index < -0.39 is 0 Å². The normalized spacial score (nSPS) is 10.7. The van der Waals surface area contributed by atoms with Crippen LogP contribution in [0, 0.1) is 6.92 Å². The van der Waals surface area contributed by atoms with E-state index in [1.54, 1.807) is 19.0 Å². The van der Waals surface area contributed by atoms with Crippen LogP contribution < -0.4 is 0 Å². The SMILES string of the molecule is CCN(CC(=O)c1ccc(C)s1)CC(=O)N(C)C. The highest BCUT2D eigenvalue weighted by atomic mass is 32.1. The van der Waals surface area contributed by atoms with Crippen molar-refractivity contribution in [2.45, 2.75) is 13.8 Å². The van der Waals surface area contributed by atoms with Gasteiger partial charge in [-0.25, -0.2) is 0 Å². The molecular weight excluding hydrogens is 248 g/mol. The van der Waals surface area contributed by atoms with E-state index in [4.69, 9.17) is 0 Å². The summed E-state index contributed by atoms with van der Waals surface area (Å²) in [5.41, 5.74) is 0. The van der Waals surface area contributed by atoms with Crippen molar-refractivity contribution >= 4 is 23.0 Å². The van der Waals surface area contributed by atoms with Crippen LogP contribution in [0.25, 0.3) is 0 Å². The summed E-state index contributed by atoms with van der Waals surface area (Å²) in [4.78, 5) is 28.9. The lowest BCUT2D eigenvalue weighted by Crippen LogP contribution is -2.39. The second-order valence-electron chi connectivity index (χ2n) is 4.42. The number of amides is 1. The summed E-state index contributed by atoms with van der Waals surface area (Å²) < 4.78 is 0. The standard InChI is InChI=1S/C13H20N2O2S/c1-5-15(9-13(17)14(3)4)8-11(16)12-7-6-10(2)18-12/h6-7H,5,8-9H2,1-4H3. The first-order valence-corrected chi connectivity index (χ1v) is 6.77. The molecule has 0 fully saturated rings. The molecule has 1 rings (SSSR count). The third-order valence-corrected chi connectivity index (χ3v) is 3.73. The van der Waals surface area contributed by atoms with Gasteiger partial charge in [-0.2, -0.15) is 0 Å². The topological polar surface area (TPSA) is 40.6 Å². The summed E-state index contributed by atoms with van der Waals surface area (Å²) in [6, 6.07) is 3.79. The van der Waals surface area contributed by atoms with Crippen molar-refractivity contribution in [3.05, 3.63) is 21.9 Å². The van der Waals surface area contributed by atoms with Crippen LogP contribution in [-0.4, -0.2) is 55.2 Å². The number of likely N-dealkylation sites (N-methyl/N-ethyl adjacent to an activating group) is 2. The van der Waals surface area contributed by atoms with Gasteiger partial charge in [-0.3, -0.25) is 14.5 Å². The quantitative estimate of drug-likeness (QED) is 0.737. The van der Waals surface area contributed by atoms with Crippen LogP contribution in [0.15, 0.2) is 12.1 Å². The van der Waals surface area contributed by atoms with Crippen molar-refractivity contribution in [2.24, 2.45) is 0 Å². The fraction of sp³-hybridized carbons (Fsp3) is 0.538. The number of carbonyl (C=O) groups excluding carboxylic acids is 2. The average molecular weight is 268 g/mol. The summed E-state index contributed by atoms with van der Waals surface area (Å²) in [5.74, 6) is 0.105. The van der Waals surface area contributed by atoms with E-state index in [2.05, 4.69) is 0 Å². The Morgan fingerprint density at radius 2 is 1.89 bits per heavy atom. The molecular formula is C13H20N2O2S. The molecule has 0 saturated carbocycles. The fourth-order valence-electron chi connectivity index (χ4n) is 1.48. The molecule has 0 aromatic carbocycles. The zero-order valence-electron chi connectivity index (χ0n) is 11.4. The number of hydrogen-bond donors (Lipinski definition) is 0. The summed E-state index contributed by atoms with van der Waals surface area (Å²) in [5, 5.41) is 0. The molecule has 4 nitrogen and oxygen atoms in total. The molecule has 0 bridgehead atoms. The van der Waals surface area contributed by atoms with Gasteiger partial charge in [-0.1, -0.05) is 6.92 Å². The molecule has 0 spiro atoms. The van der Waals surface area contributed by atoms with E-state index in [0.29, 0.717) is 19.6 Å². The molecule has 100 valence electrons. The highest BCUT2D eigenvalue weighted by Gasteiger charge is 2.16. The molecule has 0 unspecified atom stereocenters. The third kappa shape index (κ3) is 4.23. The zero-order chi connectivity index (χ0) is 13.7. The molecule has 0 aliphatic heterocycles. The lowest BCUT2D eigenvalue weighted by Gasteiger charge is -2.20. The molecule has 0 aliphatic rings. The van der Waals surface area contributed by atoms with Crippen molar-refractivity contribution in [1.82, 2.24) is 9.80 Å². The van der Waals surface area contributed by atoms with Gasteiger partial charge in [0.05, 0.1) is 18.0 Å². The maximum atomic E-state index is 12.0. The summed E-state index contributed by atoms with van der Waals surface area (Å²) in [7, 11) is 3.45. The Bertz CT molecular complexity index is 426. The number of nitrogens with zero attached hydrogens (tertiary/aromatic N) is 2. The number of aryl methyl sites for hydroxylation is 1. The largest absolute Gasteiger partial charge is 0.348 e. The number of hydrogen-bond acceptors (Lipinski definition) is 4. The Hall–Kier alpha value is -1.20. The van der Waals surface area contributed by atoms with E-state index in [-0.39, 0.29) is 11.7 Å². The molecule has 0 radical (unpaired) electrons. The smallest absolute Gasteiger partial charge is 0.236 e. The zero-order valence-corrected chi connectivity index (χ0v) is 12.2. The molecule has 1 aromatic rings. The van der Waals surface area contributed by atoms with Crippen LogP contribution in [0.1, 0.15) is 21.5 Å². The maximum Gasteiger partial charge on any atom is 0.236 e. The Morgan fingerprint density at radius 3 is 2.33 bits per heavy atom. The van der Waals surface area contributed by atoms with E-state index in [1.807, 2.05) is 30.9 Å². The minimum atomic E-state index is 0.0204.